The Bertz CT molecular complexity index is 1420. The normalized spacial score (nSPS) is 26.0. The average Bonchev–Trinajstić information content (AvgIpc) is 3.16. The monoisotopic (exact) mass is 649 g/mol. The van der Waals surface area contributed by atoms with Gasteiger partial charge in [-0.3, -0.25) is 24.0 Å². The number of nitrogens with two attached hydrogens (primary N) is 1. The first-order valence-electron chi connectivity index (χ1n) is 17.4. The van der Waals surface area contributed by atoms with Crippen LogP contribution in [-0.4, -0.2) is 69.7 Å². The second-order valence-electron chi connectivity index (χ2n) is 17.9. The first-order valence-corrected chi connectivity index (χ1v) is 17.4. The summed E-state index contributed by atoms with van der Waals surface area (Å²) in [5.74, 6) is -2.44. The fourth-order valence-corrected chi connectivity index (χ4v) is 9.23. The van der Waals surface area contributed by atoms with Crippen molar-refractivity contribution in [3.63, 3.8) is 0 Å². The average molecular weight is 650 g/mol. The summed E-state index contributed by atoms with van der Waals surface area (Å²) in [7, 11) is 0. The van der Waals surface area contributed by atoms with Gasteiger partial charge in [0, 0.05) is 74.0 Å². The third kappa shape index (κ3) is 6.26. The van der Waals surface area contributed by atoms with Gasteiger partial charge < -0.3 is 15.5 Å². The first kappa shape index (κ1) is 35.1. The van der Waals surface area contributed by atoms with Crippen molar-refractivity contribution in [1.82, 2.24) is 14.9 Å². The Kier molecular flexibility index (Phi) is 9.02. The summed E-state index contributed by atoms with van der Waals surface area (Å²) in [4.78, 5) is 80.3. The number of primary amides is 1. The number of amides is 2. The minimum Gasteiger partial charge on any atom is -0.363 e. The number of fused-ring (bicyclic) bond motifs is 1. The van der Waals surface area contributed by atoms with E-state index in [-0.39, 0.29) is 52.0 Å². The van der Waals surface area contributed by atoms with Crippen LogP contribution < -0.4 is 10.6 Å². The highest BCUT2D eigenvalue weighted by Gasteiger charge is 2.87. The van der Waals surface area contributed by atoms with Gasteiger partial charge >= 0.3 is 0 Å². The van der Waals surface area contributed by atoms with Crippen molar-refractivity contribution in [2.75, 3.05) is 24.5 Å². The molecule has 5 rings (SSSR count). The Morgan fingerprint density at radius 3 is 2.06 bits per heavy atom. The summed E-state index contributed by atoms with van der Waals surface area (Å²) in [6.45, 7) is 18.3. The number of likely N-dealkylation sites (tertiary alicyclic amines) is 1. The lowest BCUT2D eigenvalue weighted by atomic mass is 9.75. The molecule has 4 fully saturated rings. The standard InChI is InChI=1S/C37H55N5O5/c1-33(2,3)18-25(43)17-26(34(4,5)6)31(47)42-22-36(35(7,8)37(36)20-41(21-37)32-39-13-10-14-40-32)19-27(42)28(44)16-24(29(45)30(38)46)15-23-11-9-12-23/h10,13-14,23-24,26-27H,9,11-12,15-22H2,1-8H3,(H2,38,46)/t24?,26-,27+,36-/m1/s1. The van der Waals surface area contributed by atoms with E-state index in [0.29, 0.717) is 37.7 Å². The number of aromatic nitrogens is 2. The van der Waals surface area contributed by atoms with Gasteiger partial charge in [0.05, 0.1) is 6.04 Å². The molecule has 258 valence electrons. The maximum Gasteiger partial charge on any atom is 0.285 e. The summed E-state index contributed by atoms with van der Waals surface area (Å²) >= 11 is 0. The van der Waals surface area contributed by atoms with Crippen LogP contribution in [0.4, 0.5) is 5.95 Å². The zero-order chi connectivity index (χ0) is 34.7. The third-order valence-electron chi connectivity index (χ3n) is 12.4. The van der Waals surface area contributed by atoms with Crippen LogP contribution in [0.5, 0.6) is 0 Å². The third-order valence-corrected chi connectivity index (χ3v) is 12.4. The van der Waals surface area contributed by atoms with Crippen molar-refractivity contribution >= 4 is 35.1 Å². The Balaban J connectivity index is 1.45. The lowest BCUT2D eigenvalue weighted by Crippen LogP contribution is -2.53. The van der Waals surface area contributed by atoms with Gasteiger partial charge in [-0.25, -0.2) is 9.97 Å². The Labute approximate surface area is 280 Å². The summed E-state index contributed by atoms with van der Waals surface area (Å²) in [6, 6.07) is 1.05. The van der Waals surface area contributed by atoms with Crippen molar-refractivity contribution in [2.24, 2.45) is 50.6 Å². The number of hydrogen-bond donors (Lipinski definition) is 1. The van der Waals surface area contributed by atoms with Crippen LogP contribution in [0.15, 0.2) is 18.5 Å². The summed E-state index contributed by atoms with van der Waals surface area (Å²) in [5, 5.41) is 0. The van der Waals surface area contributed by atoms with E-state index in [1.54, 1.807) is 23.4 Å². The van der Waals surface area contributed by atoms with Crippen LogP contribution in [0.25, 0.3) is 0 Å². The molecule has 4 atom stereocenters. The zero-order valence-corrected chi connectivity index (χ0v) is 29.7. The zero-order valence-electron chi connectivity index (χ0n) is 29.7. The molecule has 2 aliphatic heterocycles. The molecule has 0 bridgehead atoms. The number of rotatable bonds is 12. The highest BCUT2D eigenvalue weighted by atomic mass is 16.2. The van der Waals surface area contributed by atoms with Crippen LogP contribution in [0.2, 0.25) is 0 Å². The molecule has 2 saturated heterocycles. The van der Waals surface area contributed by atoms with Crippen molar-refractivity contribution in [3.8, 4) is 0 Å². The summed E-state index contributed by atoms with van der Waals surface area (Å²) < 4.78 is 0. The smallest absolute Gasteiger partial charge is 0.285 e. The van der Waals surface area contributed by atoms with Crippen LogP contribution >= 0.6 is 0 Å². The van der Waals surface area contributed by atoms with E-state index in [9.17, 15) is 24.0 Å². The van der Waals surface area contributed by atoms with Crippen LogP contribution in [0, 0.1) is 44.8 Å². The molecule has 1 aromatic rings. The number of carbonyl (C=O) groups is 5. The molecule has 1 unspecified atom stereocenters. The predicted molar refractivity (Wildman–Crippen MR) is 179 cm³/mol. The molecule has 3 heterocycles. The van der Waals surface area contributed by atoms with Crippen molar-refractivity contribution in [2.45, 2.75) is 113 Å². The fraction of sp³-hybridized carbons (Fsp3) is 0.757. The molecule has 47 heavy (non-hydrogen) atoms. The molecule has 0 radical (unpaired) electrons. The summed E-state index contributed by atoms with van der Waals surface area (Å²) in [5.41, 5.74) is 4.10. The molecule has 10 heteroatoms. The van der Waals surface area contributed by atoms with Crippen LogP contribution in [-0.2, 0) is 24.0 Å². The van der Waals surface area contributed by atoms with Gasteiger partial charge in [0.15, 0.2) is 5.78 Å². The number of ketones is 3. The molecule has 2 N–H and O–H groups in total. The topological polar surface area (TPSA) is 144 Å². The van der Waals surface area contributed by atoms with Gasteiger partial charge in [0.2, 0.25) is 17.6 Å². The second kappa shape index (κ2) is 12.1. The molecule has 4 aliphatic rings. The Morgan fingerprint density at radius 1 is 0.936 bits per heavy atom. The minimum atomic E-state index is -1.01. The van der Waals surface area contributed by atoms with Crippen molar-refractivity contribution in [1.29, 1.82) is 0 Å². The van der Waals surface area contributed by atoms with Gasteiger partial charge in [-0.05, 0) is 41.1 Å². The van der Waals surface area contributed by atoms with Crippen LogP contribution in [0.3, 0.4) is 0 Å². The van der Waals surface area contributed by atoms with E-state index in [4.69, 9.17) is 5.73 Å². The summed E-state index contributed by atoms with van der Waals surface area (Å²) in [6.07, 6.45) is 7.81. The molecule has 10 nitrogen and oxygen atoms in total. The van der Waals surface area contributed by atoms with E-state index in [1.165, 1.54) is 0 Å². The number of nitrogens with zero attached hydrogens (tertiary/aromatic N) is 4. The Morgan fingerprint density at radius 2 is 1.55 bits per heavy atom. The SMILES string of the molecule is CC(C)(C)CC(=O)C[C@H](C(=O)N1C[C@]2(C[C@H]1C(=O)CC(CC1CCC1)C(=O)C(N)=O)C(C)(C)C21CN(c2ncccn2)C1)C(C)(C)C. The molecule has 2 amide bonds. The quantitative estimate of drug-likeness (QED) is 0.319. The Hall–Kier alpha value is -3.17. The van der Waals surface area contributed by atoms with Gasteiger partial charge in [-0.15, -0.1) is 0 Å². The van der Waals surface area contributed by atoms with Crippen LogP contribution in [0.1, 0.15) is 107 Å². The van der Waals surface area contributed by atoms with Gasteiger partial charge in [-0.1, -0.05) is 74.7 Å². The largest absolute Gasteiger partial charge is 0.363 e. The van der Waals surface area contributed by atoms with E-state index < -0.39 is 35.0 Å². The molecule has 2 spiro atoms. The number of carbonyl (C=O) groups excluding carboxylic acids is 5. The molecule has 1 aromatic heterocycles. The first-order chi connectivity index (χ1) is 21.7. The van der Waals surface area contributed by atoms with Gasteiger partial charge in [0.25, 0.3) is 5.91 Å². The minimum absolute atomic E-state index is 0.0379. The molecule has 2 saturated carbocycles. The molecule has 2 aliphatic carbocycles. The second-order valence-corrected chi connectivity index (χ2v) is 17.9. The number of Topliss-reactive ketones (excluding diaryl/α,β-unsaturated/α-hetero) is 3. The maximum atomic E-state index is 14.7. The highest BCUT2D eigenvalue weighted by molar-refractivity contribution is 6.36. The molecular weight excluding hydrogens is 594 g/mol. The highest BCUT2D eigenvalue weighted by Crippen LogP contribution is 2.84. The molecule has 0 aromatic carbocycles. The van der Waals surface area contributed by atoms with Crippen molar-refractivity contribution < 1.29 is 24.0 Å². The lowest BCUT2D eigenvalue weighted by molar-refractivity contribution is -0.147. The number of anilines is 1. The van der Waals surface area contributed by atoms with Gasteiger partial charge in [0.1, 0.15) is 5.78 Å². The predicted octanol–water partition coefficient (Wildman–Crippen LogP) is 4.79. The van der Waals surface area contributed by atoms with Crippen molar-refractivity contribution in [3.05, 3.63) is 18.5 Å². The van der Waals surface area contributed by atoms with E-state index >= 15 is 0 Å². The van der Waals surface area contributed by atoms with E-state index in [0.717, 1.165) is 32.4 Å². The number of hydrogen-bond acceptors (Lipinski definition) is 8. The van der Waals surface area contributed by atoms with Gasteiger partial charge in [-0.2, -0.15) is 0 Å². The fourth-order valence-electron chi connectivity index (χ4n) is 9.23. The lowest BCUT2D eigenvalue weighted by Gasteiger charge is -2.44. The maximum absolute atomic E-state index is 14.7. The van der Waals surface area contributed by atoms with E-state index in [1.807, 2.05) is 41.5 Å². The van der Waals surface area contributed by atoms with E-state index in [2.05, 4.69) is 28.7 Å². The molecular formula is C37H55N5O5.